The first kappa shape index (κ1) is 28.5. The SMILES string of the molecule is CO[C@@H](C(=O)N1C(=O)OC[C@H]1C(C)C)[C@H]1OC(=CCCOC[C@@H](CO)OCc2ccccc2)C=CC1=O. The Morgan fingerprint density at radius 2 is 1.97 bits per heavy atom. The van der Waals surface area contributed by atoms with Gasteiger partial charge in [0.15, 0.2) is 18.0 Å². The molecule has 2 aliphatic heterocycles. The minimum absolute atomic E-state index is 0.0274. The highest BCUT2D eigenvalue weighted by Crippen LogP contribution is 2.25. The predicted octanol–water partition coefficient (Wildman–Crippen LogP) is 2.40. The highest BCUT2D eigenvalue weighted by atomic mass is 16.6. The van der Waals surface area contributed by atoms with E-state index in [1.807, 2.05) is 44.2 Å². The van der Waals surface area contributed by atoms with Crippen LogP contribution in [0.25, 0.3) is 0 Å². The lowest BCUT2D eigenvalue weighted by molar-refractivity contribution is -0.154. The highest BCUT2D eigenvalue weighted by molar-refractivity contribution is 6.03. The van der Waals surface area contributed by atoms with Crippen LogP contribution in [0.2, 0.25) is 0 Å². The lowest BCUT2D eigenvalue weighted by atomic mass is 10.0. The van der Waals surface area contributed by atoms with Gasteiger partial charge in [0.25, 0.3) is 5.91 Å². The normalized spacial score (nSPS) is 22.3. The van der Waals surface area contributed by atoms with Crippen LogP contribution in [0.1, 0.15) is 25.8 Å². The van der Waals surface area contributed by atoms with Crippen LogP contribution in [0.15, 0.2) is 54.3 Å². The van der Waals surface area contributed by atoms with Crippen molar-refractivity contribution in [3.8, 4) is 0 Å². The summed E-state index contributed by atoms with van der Waals surface area (Å²) in [7, 11) is 1.29. The first-order valence-electron chi connectivity index (χ1n) is 12.3. The van der Waals surface area contributed by atoms with E-state index in [1.54, 1.807) is 6.08 Å². The van der Waals surface area contributed by atoms with Gasteiger partial charge in [-0.1, -0.05) is 44.2 Å². The standard InChI is InChI=1S/C27H35NO9/c1-18(2)22-17-36-27(32)28(22)26(31)25(33-3)24-23(30)12-11-20(37-24)10-7-13-34-16-21(14-29)35-15-19-8-5-4-6-9-19/h4-6,8-12,18,21-22,24-25,29H,7,13-17H2,1-3H3/t21-,22+,24+,25-/m1/s1. The van der Waals surface area contributed by atoms with E-state index >= 15 is 0 Å². The van der Waals surface area contributed by atoms with Gasteiger partial charge in [-0.2, -0.15) is 0 Å². The monoisotopic (exact) mass is 517 g/mol. The summed E-state index contributed by atoms with van der Waals surface area (Å²) in [4.78, 5) is 38.9. The number of allylic oxidation sites excluding steroid dienone is 1. The van der Waals surface area contributed by atoms with E-state index in [-0.39, 0.29) is 25.7 Å². The Bertz CT molecular complexity index is 975. The molecule has 1 fully saturated rings. The fourth-order valence-corrected chi connectivity index (χ4v) is 3.94. The number of amides is 2. The molecule has 0 aromatic heterocycles. The van der Waals surface area contributed by atoms with E-state index in [4.69, 9.17) is 23.7 Å². The molecule has 2 amide bonds. The second kappa shape index (κ2) is 14.0. The summed E-state index contributed by atoms with van der Waals surface area (Å²) < 4.78 is 27.5. The van der Waals surface area contributed by atoms with Gasteiger partial charge in [-0.15, -0.1) is 0 Å². The van der Waals surface area contributed by atoms with Crippen LogP contribution < -0.4 is 0 Å². The second-order valence-corrected chi connectivity index (χ2v) is 9.10. The minimum Gasteiger partial charge on any atom is -0.479 e. The maximum absolute atomic E-state index is 13.2. The van der Waals surface area contributed by atoms with Gasteiger partial charge >= 0.3 is 6.09 Å². The third-order valence-corrected chi connectivity index (χ3v) is 6.08. The molecule has 1 N–H and O–H groups in total. The molecule has 3 rings (SSSR count). The number of hydrogen-bond acceptors (Lipinski definition) is 9. The smallest absolute Gasteiger partial charge is 0.417 e. The Morgan fingerprint density at radius 1 is 1.22 bits per heavy atom. The number of aliphatic hydroxyl groups excluding tert-OH is 1. The topological polar surface area (TPSA) is 121 Å². The number of carbonyl (C=O) groups is 3. The van der Waals surface area contributed by atoms with Crippen molar-refractivity contribution >= 4 is 17.8 Å². The largest absolute Gasteiger partial charge is 0.479 e. The molecule has 0 radical (unpaired) electrons. The van der Waals surface area contributed by atoms with Gasteiger partial charge in [0.2, 0.25) is 0 Å². The molecule has 4 atom stereocenters. The average Bonchev–Trinajstić information content (AvgIpc) is 3.29. The first-order chi connectivity index (χ1) is 17.8. The summed E-state index contributed by atoms with van der Waals surface area (Å²) in [5.41, 5.74) is 1.00. The van der Waals surface area contributed by atoms with Crippen LogP contribution in [0.4, 0.5) is 4.79 Å². The maximum atomic E-state index is 13.2. The van der Waals surface area contributed by atoms with Gasteiger partial charge in [0.05, 0.1) is 32.5 Å². The third kappa shape index (κ3) is 7.72. The van der Waals surface area contributed by atoms with E-state index in [2.05, 4.69) is 0 Å². The molecule has 1 aromatic carbocycles. The van der Waals surface area contributed by atoms with E-state index < -0.39 is 42.1 Å². The number of carbonyl (C=O) groups excluding carboxylic acids is 3. The molecule has 0 saturated carbocycles. The molecule has 1 saturated heterocycles. The van der Waals surface area contributed by atoms with Crippen LogP contribution in [0, 0.1) is 5.92 Å². The van der Waals surface area contributed by atoms with E-state index in [0.29, 0.717) is 25.4 Å². The molecular weight excluding hydrogens is 482 g/mol. The van der Waals surface area contributed by atoms with Crippen molar-refractivity contribution < 1.29 is 43.2 Å². The zero-order valence-electron chi connectivity index (χ0n) is 21.4. The number of ether oxygens (including phenoxy) is 5. The van der Waals surface area contributed by atoms with Crippen molar-refractivity contribution in [1.29, 1.82) is 0 Å². The van der Waals surface area contributed by atoms with Crippen molar-refractivity contribution in [2.75, 3.05) is 33.5 Å². The third-order valence-electron chi connectivity index (χ3n) is 6.08. The molecule has 1 aromatic rings. The lowest BCUT2D eigenvalue weighted by Gasteiger charge is -2.31. The number of cyclic esters (lactones) is 1. The summed E-state index contributed by atoms with van der Waals surface area (Å²) >= 11 is 0. The summed E-state index contributed by atoms with van der Waals surface area (Å²) in [6.45, 7) is 4.60. The molecular formula is C27H35NO9. The Labute approximate surface area is 216 Å². The zero-order chi connectivity index (χ0) is 26.8. The second-order valence-electron chi connectivity index (χ2n) is 9.10. The van der Waals surface area contributed by atoms with Crippen molar-refractivity contribution in [3.63, 3.8) is 0 Å². The van der Waals surface area contributed by atoms with Crippen LogP contribution in [0.5, 0.6) is 0 Å². The molecule has 0 unspecified atom stereocenters. The van der Waals surface area contributed by atoms with E-state index in [0.717, 1.165) is 10.5 Å². The molecule has 0 bridgehead atoms. The van der Waals surface area contributed by atoms with Gasteiger partial charge in [-0.25, -0.2) is 9.69 Å². The Balaban J connectivity index is 1.50. The van der Waals surface area contributed by atoms with Crippen LogP contribution in [0.3, 0.4) is 0 Å². The van der Waals surface area contributed by atoms with E-state index in [1.165, 1.54) is 19.3 Å². The molecule has 37 heavy (non-hydrogen) atoms. The number of methoxy groups -OCH3 is 1. The average molecular weight is 518 g/mol. The Hall–Kier alpha value is -3.05. The van der Waals surface area contributed by atoms with E-state index in [9.17, 15) is 19.5 Å². The lowest BCUT2D eigenvalue weighted by Crippen LogP contribution is -2.53. The fraction of sp³-hybridized carbons (Fsp3) is 0.519. The van der Waals surface area contributed by atoms with Crippen molar-refractivity contribution in [3.05, 3.63) is 59.9 Å². The van der Waals surface area contributed by atoms with Crippen molar-refractivity contribution in [1.82, 2.24) is 4.90 Å². The molecule has 2 heterocycles. The quantitative estimate of drug-likeness (QED) is 0.393. The van der Waals surface area contributed by atoms with Gasteiger partial charge in [-0.05, 0) is 36.1 Å². The Morgan fingerprint density at radius 3 is 2.65 bits per heavy atom. The number of ketones is 1. The van der Waals surface area contributed by atoms with Crippen LogP contribution in [-0.2, 0) is 39.9 Å². The van der Waals surface area contributed by atoms with Crippen LogP contribution >= 0.6 is 0 Å². The number of imide groups is 1. The Kier molecular flexibility index (Phi) is 10.8. The maximum Gasteiger partial charge on any atom is 0.417 e. The summed E-state index contributed by atoms with van der Waals surface area (Å²) in [6.07, 6.45) is 1.26. The minimum atomic E-state index is -1.31. The number of benzene rings is 1. The molecule has 202 valence electrons. The van der Waals surface area contributed by atoms with Gasteiger partial charge in [-0.3, -0.25) is 9.59 Å². The summed E-state index contributed by atoms with van der Waals surface area (Å²) in [5.74, 6) is -0.763. The predicted molar refractivity (Wildman–Crippen MR) is 132 cm³/mol. The molecule has 10 nitrogen and oxygen atoms in total. The van der Waals surface area contributed by atoms with Crippen LogP contribution in [-0.4, -0.2) is 85.7 Å². The number of hydrogen-bond donors (Lipinski definition) is 1. The van der Waals surface area contributed by atoms with Gasteiger partial charge in [0, 0.05) is 7.11 Å². The summed E-state index contributed by atoms with van der Waals surface area (Å²) in [5, 5.41) is 9.53. The van der Waals surface area contributed by atoms with Gasteiger partial charge < -0.3 is 28.8 Å². The first-order valence-corrected chi connectivity index (χ1v) is 12.3. The number of aliphatic hydroxyl groups is 1. The molecule has 2 aliphatic rings. The molecule has 10 heteroatoms. The molecule has 0 aliphatic carbocycles. The van der Waals surface area contributed by atoms with Crippen molar-refractivity contribution in [2.24, 2.45) is 5.92 Å². The van der Waals surface area contributed by atoms with Crippen molar-refractivity contribution in [2.45, 2.75) is 51.2 Å². The molecule has 0 spiro atoms. The number of rotatable bonds is 13. The zero-order valence-corrected chi connectivity index (χ0v) is 21.4. The summed E-state index contributed by atoms with van der Waals surface area (Å²) in [6, 6.07) is 9.20. The van der Waals surface area contributed by atoms with Gasteiger partial charge in [0.1, 0.15) is 18.5 Å². The highest BCUT2D eigenvalue weighted by Gasteiger charge is 2.47. The fourth-order valence-electron chi connectivity index (χ4n) is 3.94. The number of nitrogens with zero attached hydrogens (tertiary/aromatic N) is 1.